The molecule has 5 nitrogen and oxygen atoms in total. The van der Waals surface area contributed by atoms with E-state index >= 15 is 0 Å². The second kappa shape index (κ2) is 7.98. The van der Waals surface area contributed by atoms with Crippen molar-refractivity contribution in [1.29, 1.82) is 0 Å². The van der Waals surface area contributed by atoms with Crippen LogP contribution in [0, 0.1) is 12.8 Å². The third-order valence-corrected chi connectivity index (χ3v) is 7.15. The van der Waals surface area contributed by atoms with E-state index in [2.05, 4.69) is 17.4 Å². The van der Waals surface area contributed by atoms with Crippen LogP contribution in [0.5, 0.6) is 0 Å². The summed E-state index contributed by atoms with van der Waals surface area (Å²) in [6.07, 6.45) is 2.80. The lowest BCUT2D eigenvalue weighted by Gasteiger charge is -2.35. The molecule has 144 valence electrons. The van der Waals surface area contributed by atoms with Gasteiger partial charge in [-0.15, -0.1) is 11.3 Å². The van der Waals surface area contributed by atoms with Gasteiger partial charge in [0.25, 0.3) is 5.91 Å². The van der Waals surface area contributed by atoms with Gasteiger partial charge in [0.15, 0.2) is 0 Å². The summed E-state index contributed by atoms with van der Waals surface area (Å²) in [6, 6.07) is 8.18. The molecule has 1 unspecified atom stereocenters. The number of amides is 2. The lowest BCUT2D eigenvalue weighted by atomic mass is 10.0. The van der Waals surface area contributed by atoms with Crippen LogP contribution in [0.25, 0.3) is 10.1 Å². The number of thiophene rings is 1. The molecule has 1 atom stereocenters. The minimum absolute atomic E-state index is 0.109. The van der Waals surface area contributed by atoms with E-state index in [4.69, 9.17) is 0 Å². The van der Waals surface area contributed by atoms with Crippen LogP contribution < -0.4 is 5.32 Å². The number of carbonyl (C=O) groups excluding carboxylic acids is 2. The quantitative estimate of drug-likeness (QED) is 0.881. The number of hydrogen-bond acceptors (Lipinski definition) is 4. The normalized spacial score (nSPS) is 20.4. The maximum Gasteiger partial charge on any atom is 0.264 e. The van der Waals surface area contributed by atoms with Crippen molar-refractivity contribution in [2.24, 2.45) is 5.92 Å². The Morgan fingerprint density at radius 3 is 2.59 bits per heavy atom. The first-order valence-corrected chi connectivity index (χ1v) is 10.7. The van der Waals surface area contributed by atoms with Gasteiger partial charge >= 0.3 is 0 Å². The molecule has 0 aliphatic carbocycles. The number of piperazine rings is 1. The van der Waals surface area contributed by atoms with E-state index < -0.39 is 0 Å². The van der Waals surface area contributed by atoms with Gasteiger partial charge in [-0.2, -0.15) is 0 Å². The Morgan fingerprint density at radius 2 is 1.89 bits per heavy atom. The third kappa shape index (κ3) is 3.87. The van der Waals surface area contributed by atoms with Crippen molar-refractivity contribution in [3.8, 4) is 0 Å². The zero-order valence-corrected chi connectivity index (χ0v) is 16.7. The zero-order valence-electron chi connectivity index (χ0n) is 15.9. The lowest BCUT2D eigenvalue weighted by molar-refractivity contribution is -0.132. The van der Waals surface area contributed by atoms with Gasteiger partial charge in [-0.1, -0.05) is 18.2 Å². The van der Waals surface area contributed by atoms with Crippen LogP contribution in [0.1, 0.15) is 34.5 Å². The highest BCUT2D eigenvalue weighted by Crippen LogP contribution is 2.31. The Labute approximate surface area is 164 Å². The molecule has 1 aromatic carbocycles. The van der Waals surface area contributed by atoms with Crippen molar-refractivity contribution in [1.82, 2.24) is 15.1 Å². The molecule has 2 aliphatic rings. The maximum atomic E-state index is 13.0. The Kier molecular flexibility index (Phi) is 5.45. The number of benzene rings is 1. The summed E-state index contributed by atoms with van der Waals surface area (Å²) in [4.78, 5) is 30.1. The number of nitrogens with one attached hydrogen (secondary N) is 1. The van der Waals surface area contributed by atoms with E-state index in [1.165, 1.54) is 11.8 Å². The second-order valence-corrected chi connectivity index (χ2v) is 8.68. The number of hydrogen-bond donors (Lipinski definition) is 1. The third-order valence-electron chi connectivity index (χ3n) is 5.89. The molecule has 3 heterocycles. The number of nitrogens with zero attached hydrogens (tertiary/aromatic N) is 2. The summed E-state index contributed by atoms with van der Waals surface area (Å²) in [5, 5.41) is 4.52. The summed E-state index contributed by atoms with van der Waals surface area (Å²) in [5.74, 6) is 0.998. The molecule has 2 amide bonds. The van der Waals surface area contributed by atoms with Crippen LogP contribution >= 0.6 is 11.3 Å². The molecular formula is C21H27N3O2S. The highest BCUT2D eigenvalue weighted by atomic mass is 32.1. The standard InChI is InChI=1S/C21H27N3O2S/c1-15-17-4-2-3-5-18(17)27-20(15)21(26)24-12-10-23(11-13-24)19(25)7-6-16-8-9-22-14-16/h2-5,16,22H,6-14H2,1H3. The predicted molar refractivity (Wildman–Crippen MR) is 109 cm³/mol. The van der Waals surface area contributed by atoms with Crippen molar-refractivity contribution < 1.29 is 9.59 Å². The zero-order chi connectivity index (χ0) is 18.8. The van der Waals surface area contributed by atoms with Crippen LogP contribution in [0.2, 0.25) is 0 Å². The molecule has 27 heavy (non-hydrogen) atoms. The van der Waals surface area contributed by atoms with Gasteiger partial charge in [0.05, 0.1) is 4.88 Å². The molecule has 0 radical (unpaired) electrons. The van der Waals surface area contributed by atoms with Gasteiger partial charge < -0.3 is 15.1 Å². The topological polar surface area (TPSA) is 52.7 Å². The Hall–Kier alpha value is -1.92. The first-order valence-electron chi connectivity index (χ1n) is 9.89. The first kappa shape index (κ1) is 18.4. The first-order chi connectivity index (χ1) is 13.1. The van der Waals surface area contributed by atoms with Crippen LogP contribution in [0.4, 0.5) is 0 Å². The summed E-state index contributed by atoms with van der Waals surface area (Å²) >= 11 is 1.58. The van der Waals surface area contributed by atoms with Gasteiger partial charge in [-0.25, -0.2) is 0 Å². The molecular weight excluding hydrogens is 358 g/mol. The van der Waals surface area contributed by atoms with Gasteiger partial charge in [-0.3, -0.25) is 9.59 Å². The largest absolute Gasteiger partial charge is 0.339 e. The van der Waals surface area contributed by atoms with Crippen LogP contribution in [0.15, 0.2) is 24.3 Å². The molecule has 2 aliphatic heterocycles. The number of rotatable bonds is 4. The molecule has 2 fully saturated rings. The van der Waals surface area contributed by atoms with E-state index in [0.29, 0.717) is 38.5 Å². The number of fused-ring (bicyclic) bond motifs is 1. The van der Waals surface area contributed by atoms with Gasteiger partial charge in [-0.05, 0) is 55.8 Å². The van der Waals surface area contributed by atoms with E-state index in [9.17, 15) is 9.59 Å². The molecule has 1 N–H and O–H groups in total. The van der Waals surface area contributed by atoms with Crippen molar-refractivity contribution >= 4 is 33.2 Å². The molecule has 4 rings (SSSR count). The fourth-order valence-corrected chi connectivity index (χ4v) is 5.30. The minimum atomic E-state index is 0.109. The molecule has 0 spiro atoms. The minimum Gasteiger partial charge on any atom is -0.339 e. The van der Waals surface area contributed by atoms with Crippen molar-refractivity contribution in [3.05, 3.63) is 34.7 Å². The molecule has 6 heteroatoms. The van der Waals surface area contributed by atoms with E-state index in [0.717, 1.165) is 34.7 Å². The summed E-state index contributed by atoms with van der Waals surface area (Å²) in [5.41, 5.74) is 1.07. The average Bonchev–Trinajstić information content (AvgIpc) is 3.34. The van der Waals surface area contributed by atoms with Crippen LogP contribution in [-0.4, -0.2) is 60.9 Å². The fraction of sp³-hybridized carbons (Fsp3) is 0.524. The number of carbonyl (C=O) groups is 2. The monoisotopic (exact) mass is 385 g/mol. The summed E-state index contributed by atoms with van der Waals surface area (Å²) in [7, 11) is 0. The second-order valence-electron chi connectivity index (χ2n) is 7.62. The Balaban J connectivity index is 1.33. The van der Waals surface area contributed by atoms with E-state index in [1.807, 2.05) is 28.9 Å². The van der Waals surface area contributed by atoms with E-state index in [1.54, 1.807) is 11.3 Å². The summed E-state index contributed by atoms with van der Waals surface area (Å²) in [6.45, 7) is 6.71. The molecule has 2 aromatic rings. The Morgan fingerprint density at radius 1 is 1.15 bits per heavy atom. The van der Waals surface area contributed by atoms with Crippen molar-refractivity contribution in [2.45, 2.75) is 26.2 Å². The highest BCUT2D eigenvalue weighted by Gasteiger charge is 2.27. The van der Waals surface area contributed by atoms with Gasteiger partial charge in [0.1, 0.15) is 0 Å². The molecule has 0 saturated carbocycles. The van der Waals surface area contributed by atoms with Crippen molar-refractivity contribution in [3.63, 3.8) is 0 Å². The van der Waals surface area contributed by atoms with Gasteiger partial charge in [0.2, 0.25) is 5.91 Å². The maximum absolute atomic E-state index is 13.0. The highest BCUT2D eigenvalue weighted by molar-refractivity contribution is 7.21. The smallest absolute Gasteiger partial charge is 0.264 e. The van der Waals surface area contributed by atoms with Crippen LogP contribution in [0.3, 0.4) is 0 Å². The fourth-order valence-electron chi connectivity index (χ4n) is 4.13. The molecule has 1 aromatic heterocycles. The average molecular weight is 386 g/mol. The lowest BCUT2D eigenvalue weighted by Crippen LogP contribution is -2.50. The Bertz CT molecular complexity index is 833. The predicted octanol–water partition coefficient (Wildman–Crippen LogP) is 2.88. The van der Waals surface area contributed by atoms with Crippen molar-refractivity contribution in [2.75, 3.05) is 39.3 Å². The molecule has 0 bridgehead atoms. The van der Waals surface area contributed by atoms with E-state index in [-0.39, 0.29) is 11.8 Å². The SMILES string of the molecule is Cc1c(C(=O)N2CCN(C(=O)CCC3CCNC3)CC2)sc2ccccc12. The molecule has 2 saturated heterocycles. The van der Waals surface area contributed by atoms with Crippen LogP contribution in [-0.2, 0) is 4.79 Å². The van der Waals surface area contributed by atoms with Gasteiger partial charge in [0, 0.05) is 37.3 Å². The summed E-state index contributed by atoms with van der Waals surface area (Å²) < 4.78 is 1.16. The number of aryl methyl sites for hydroxylation is 1.